The lowest BCUT2D eigenvalue weighted by Gasteiger charge is -2.17. The predicted molar refractivity (Wildman–Crippen MR) is 127 cm³/mol. The van der Waals surface area contributed by atoms with Crippen LogP contribution in [-0.2, 0) is 15.9 Å². The number of nitrogens with zero attached hydrogens (tertiary/aromatic N) is 4. The Morgan fingerprint density at radius 1 is 1.24 bits per heavy atom. The van der Waals surface area contributed by atoms with Crippen LogP contribution in [0.3, 0.4) is 0 Å². The number of amides is 1. The molecule has 4 aromatic rings. The fourth-order valence-corrected chi connectivity index (χ4v) is 4.88. The van der Waals surface area contributed by atoms with Gasteiger partial charge in [0.2, 0.25) is 0 Å². The zero-order valence-corrected chi connectivity index (χ0v) is 19.4. The lowest BCUT2D eigenvalue weighted by atomic mass is 10.1. The highest BCUT2D eigenvalue weighted by molar-refractivity contribution is 7.17. The first-order valence-electron chi connectivity index (χ1n) is 10.8. The van der Waals surface area contributed by atoms with Crippen molar-refractivity contribution >= 4 is 40.1 Å². The topological polar surface area (TPSA) is 110 Å². The van der Waals surface area contributed by atoms with Gasteiger partial charge < -0.3 is 19.4 Å². The summed E-state index contributed by atoms with van der Waals surface area (Å²) in [6, 6.07) is 7.85. The SMILES string of the molecule is CCOC(=O)OC1=CN(C(=O)c2sc(-c3cnccn3)nc2C)CCc2c1[nH]c1ccccc21. The fraction of sp³-hybridized carbons (Fsp3) is 0.208. The molecular formula is C24H21N5O4S. The minimum atomic E-state index is -0.827. The number of H-pyrrole nitrogens is 1. The average molecular weight is 476 g/mol. The highest BCUT2D eigenvalue weighted by atomic mass is 32.1. The molecule has 0 fully saturated rings. The van der Waals surface area contributed by atoms with E-state index in [0.29, 0.717) is 39.9 Å². The van der Waals surface area contributed by atoms with Crippen LogP contribution in [-0.4, -0.2) is 50.1 Å². The van der Waals surface area contributed by atoms with Crippen LogP contribution in [0.2, 0.25) is 0 Å². The minimum Gasteiger partial charge on any atom is -0.434 e. The Labute approximate surface area is 199 Å². The fourth-order valence-electron chi connectivity index (χ4n) is 3.89. The van der Waals surface area contributed by atoms with Crippen LogP contribution in [0.4, 0.5) is 4.79 Å². The first kappa shape index (κ1) is 21.8. The number of hydrogen-bond donors (Lipinski definition) is 1. The van der Waals surface area contributed by atoms with Crippen molar-refractivity contribution in [2.75, 3.05) is 13.2 Å². The highest BCUT2D eigenvalue weighted by Gasteiger charge is 2.28. The summed E-state index contributed by atoms with van der Waals surface area (Å²) in [6.07, 6.45) is 6.09. The number of carbonyl (C=O) groups excluding carboxylic acids is 2. The summed E-state index contributed by atoms with van der Waals surface area (Å²) < 4.78 is 10.5. The van der Waals surface area contributed by atoms with E-state index in [4.69, 9.17) is 9.47 Å². The van der Waals surface area contributed by atoms with Gasteiger partial charge in [-0.25, -0.2) is 9.78 Å². The van der Waals surface area contributed by atoms with Gasteiger partial charge in [0, 0.05) is 29.8 Å². The van der Waals surface area contributed by atoms with Crippen LogP contribution < -0.4 is 0 Å². The van der Waals surface area contributed by atoms with Gasteiger partial charge in [-0.2, -0.15) is 0 Å². The van der Waals surface area contributed by atoms with E-state index in [1.165, 1.54) is 11.3 Å². The number of fused-ring (bicyclic) bond motifs is 3. The molecule has 3 aromatic heterocycles. The maximum Gasteiger partial charge on any atom is 0.513 e. The molecule has 1 aliphatic rings. The predicted octanol–water partition coefficient (Wildman–Crippen LogP) is 4.56. The van der Waals surface area contributed by atoms with Gasteiger partial charge in [0.05, 0.1) is 30.4 Å². The average Bonchev–Trinajstić information content (AvgIpc) is 3.37. The van der Waals surface area contributed by atoms with Gasteiger partial charge in [-0.3, -0.25) is 14.8 Å². The van der Waals surface area contributed by atoms with Gasteiger partial charge in [0.15, 0.2) is 5.76 Å². The standard InChI is InChI=1S/C24H21N5O4S/c1-3-32-24(31)33-19-13-29(11-8-16-15-6-4-5-7-17(15)28-20(16)19)23(30)21-14(2)27-22(34-21)18-12-25-9-10-26-18/h4-7,9-10,12-13,28H,3,8,11H2,1-2H3. The molecule has 4 heterocycles. The van der Waals surface area contributed by atoms with Crippen molar-refractivity contribution in [2.24, 2.45) is 0 Å². The summed E-state index contributed by atoms with van der Waals surface area (Å²) in [5.74, 6) is -0.00336. The van der Waals surface area contributed by atoms with E-state index in [0.717, 1.165) is 16.5 Å². The summed E-state index contributed by atoms with van der Waals surface area (Å²) in [7, 11) is 0. The number of aromatic amines is 1. The molecule has 1 aliphatic heterocycles. The zero-order chi connectivity index (χ0) is 23.7. The molecule has 1 amide bonds. The summed E-state index contributed by atoms with van der Waals surface area (Å²) in [5, 5.41) is 1.64. The van der Waals surface area contributed by atoms with E-state index in [9.17, 15) is 9.59 Å². The van der Waals surface area contributed by atoms with Crippen molar-refractivity contribution in [2.45, 2.75) is 20.3 Å². The number of thiazole rings is 1. The van der Waals surface area contributed by atoms with Crippen molar-refractivity contribution in [1.29, 1.82) is 0 Å². The van der Waals surface area contributed by atoms with Crippen LogP contribution in [0.15, 0.2) is 49.1 Å². The van der Waals surface area contributed by atoms with Gasteiger partial charge >= 0.3 is 6.16 Å². The Kier molecular flexibility index (Phi) is 5.81. The Balaban J connectivity index is 1.52. The third-order valence-corrected chi connectivity index (χ3v) is 6.59. The van der Waals surface area contributed by atoms with Crippen LogP contribution in [0.5, 0.6) is 0 Å². The Morgan fingerprint density at radius 2 is 2.09 bits per heavy atom. The van der Waals surface area contributed by atoms with E-state index >= 15 is 0 Å². The zero-order valence-electron chi connectivity index (χ0n) is 18.6. The molecule has 9 nitrogen and oxygen atoms in total. The molecule has 0 saturated carbocycles. The Hall–Kier alpha value is -4.05. The molecule has 0 saturated heterocycles. The van der Waals surface area contributed by atoms with Gasteiger partial charge in [0.1, 0.15) is 15.6 Å². The monoisotopic (exact) mass is 475 g/mol. The number of aryl methyl sites for hydroxylation is 1. The van der Waals surface area contributed by atoms with Crippen LogP contribution in [0.25, 0.3) is 27.4 Å². The first-order chi connectivity index (χ1) is 16.5. The molecule has 0 radical (unpaired) electrons. The molecule has 1 aromatic carbocycles. The molecule has 172 valence electrons. The van der Waals surface area contributed by atoms with Crippen LogP contribution in [0.1, 0.15) is 33.5 Å². The van der Waals surface area contributed by atoms with Crippen LogP contribution in [0, 0.1) is 6.92 Å². The maximum absolute atomic E-state index is 13.5. The number of para-hydroxylation sites is 1. The maximum atomic E-state index is 13.5. The lowest BCUT2D eigenvalue weighted by molar-refractivity contribution is 0.0812. The third-order valence-electron chi connectivity index (χ3n) is 5.43. The number of nitrogens with one attached hydrogen (secondary N) is 1. The summed E-state index contributed by atoms with van der Waals surface area (Å²) >= 11 is 1.26. The minimum absolute atomic E-state index is 0.180. The van der Waals surface area contributed by atoms with Gasteiger partial charge in [0.25, 0.3) is 5.91 Å². The van der Waals surface area contributed by atoms with Crippen molar-refractivity contribution in [3.8, 4) is 10.7 Å². The molecule has 34 heavy (non-hydrogen) atoms. The molecule has 0 bridgehead atoms. The smallest absolute Gasteiger partial charge is 0.434 e. The number of carbonyl (C=O) groups is 2. The highest BCUT2D eigenvalue weighted by Crippen LogP contribution is 2.33. The van der Waals surface area contributed by atoms with Gasteiger partial charge in [-0.1, -0.05) is 18.2 Å². The number of aromatic nitrogens is 4. The molecule has 1 N–H and O–H groups in total. The molecule has 0 unspecified atom stereocenters. The van der Waals surface area contributed by atoms with Gasteiger partial charge in [-0.05, 0) is 31.9 Å². The number of benzene rings is 1. The normalized spacial score (nSPS) is 13.2. The molecule has 10 heteroatoms. The second-order valence-corrected chi connectivity index (χ2v) is 8.57. The first-order valence-corrected chi connectivity index (χ1v) is 11.6. The van der Waals surface area contributed by atoms with Gasteiger partial charge in [-0.15, -0.1) is 11.3 Å². The third kappa shape index (κ3) is 4.03. The second-order valence-electron chi connectivity index (χ2n) is 7.58. The van der Waals surface area contributed by atoms with Crippen LogP contribution >= 0.6 is 11.3 Å². The summed E-state index contributed by atoms with van der Waals surface area (Å²) in [4.78, 5) is 44.0. The van der Waals surface area contributed by atoms with E-state index in [1.807, 2.05) is 24.3 Å². The molecule has 0 aliphatic carbocycles. The quantitative estimate of drug-likeness (QED) is 0.431. The van der Waals surface area contributed by atoms with E-state index in [1.54, 1.807) is 43.5 Å². The van der Waals surface area contributed by atoms with E-state index < -0.39 is 6.16 Å². The Morgan fingerprint density at radius 3 is 2.88 bits per heavy atom. The Bertz CT molecular complexity index is 1410. The molecule has 0 atom stereocenters. The summed E-state index contributed by atoms with van der Waals surface area (Å²) in [6.45, 7) is 4.08. The van der Waals surface area contributed by atoms with Crippen molar-refractivity contribution < 1.29 is 19.1 Å². The van der Waals surface area contributed by atoms with Crippen molar-refractivity contribution in [3.63, 3.8) is 0 Å². The largest absolute Gasteiger partial charge is 0.513 e. The van der Waals surface area contributed by atoms with E-state index in [-0.39, 0.29) is 18.3 Å². The second kappa shape index (κ2) is 9.06. The number of ether oxygens (including phenoxy) is 2. The molecule has 0 spiro atoms. The summed E-state index contributed by atoms with van der Waals surface area (Å²) in [5.41, 5.74) is 3.77. The number of rotatable bonds is 4. The molecular weight excluding hydrogens is 454 g/mol. The van der Waals surface area contributed by atoms with E-state index in [2.05, 4.69) is 19.9 Å². The number of hydrogen-bond acceptors (Lipinski definition) is 8. The van der Waals surface area contributed by atoms with Crippen molar-refractivity contribution in [1.82, 2.24) is 24.8 Å². The van der Waals surface area contributed by atoms with Crippen molar-refractivity contribution in [3.05, 3.63) is 70.9 Å². The molecule has 5 rings (SSSR count). The lowest BCUT2D eigenvalue weighted by Crippen LogP contribution is -2.27.